The molecule has 27 heavy (non-hydrogen) atoms. The van der Waals surface area contributed by atoms with Gasteiger partial charge in [0, 0.05) is 34.6 Å². The average molecular weight is 380 g/mol. The second-order valence-corrected chi connectivity index (χ2v) is 7.71. The van der Waals surface area contributed by atoms with Crippen molar-refractivity contribution < 1.29 is 4.79 Å². The zero-order valence-electron chi connectivity index (χ0n) is 15.3. The fraction of sp³-hybridized carbons (Fsp3) is 0.273. The maximum absolute atomic E-state index is 13.2. The molecular formula is C22H22ClN3O. The van der Waals surface area contributed by atoms with E-state index in [-0.39, 0.29) is 11.9 Å². The van der Waals surface area contributed by atoms with Crippen LogP contribution in [0.15, 0.2) is 54.6 Å². The van der Waals surface area contributed by atoms with Crippen LogP contribution in [0.3, 0.4) is 0 Å². The molecule has 3 aromatic rings. The lowest BCUT2D eigenvalue weighted by Crippen LogP contribution is -2.30. The molecule has 0 unspecified atom stereocenters. The second kappa shape index (κ2) is 7.20. The van der Waals surface area contributed by atoms with Crippen LogP contribution in [-0.2, 0) is 6.42 Å². The highest BCUT2D eigenvalue weighted by Gasteiger charge is 2.30. The molecule has 2 heterocycles. The number of benzene rings is 2. The summed E-state index contributed by atoms with van der Waals surface area (Å²) in [6, 6.07) is 13.6. The van der Waals surface area contributed by atoms with Crippen molar-refractivity contribution in [3.8, 4) is 0 Å². The lowest BCUT2D eigenvalue weighted by molar-refractivity contribution is 0.0736. The highest BCUT2D eigenvalue weighted by Crippen LogP contribution is 2.34. The summed E-state index contributed by atoms with van der Waals surface area (Å²) in [6.07, 6.45) is 2.71. The molecule has 0 bridgehead atoms. The lowest BCUT2D eigenvalue weighted by atomic mass is 10.0. The molecule has 0 radical (unpaired) electrons. The van der Waals surface area contributed by atoms with Crippen LogP contribution in [0, 0.1) is 0 Å². The Balaban J connectivity index is 1.65. The molecule has 1 aromatic heterocycles. The summed E-state index contributed by atoms with van der Waals surface area (Å²) in [5.41, 5.74) is 4.77. The molecule has 4 rings (SSSR count). The van der Waals surface area contributed by atoms with E-state index >= 15 is 0 Å². The summed E-state index contributed by atoms with van der Waals surface area (Å²) >= 11 is 6.01. The number of allylic oxidation sites excluding steroid dienone is 1. The minimum Gasteiger partial charge on any atom is -0.332 e. The predicted octanol–water partition coefficient (Wildman–Crippen LogP) is 5.31. The molecule has 1 N–H and O–H groups in total. The van der Waals surface area contributed by atoms with Gasteiger partial charge in [0.1, 0.15) is 0 Å². The first-order valence-corrected chi connectivity index (χ1v) is 9.58. The lowest BCUT2D eigenvalue weighted by Gasteiger charge is -2.25. The second-order valence-electron chi connectivity index (χ2n) is 7.28. The Bertz CT molecular complexity index is 1010. The van der Waals surface area contributed by atoms with E-state index in [9.17, 15) is 4.79 Å². The third-order valence-corrected chi connectivity index (χ3v) is 5.38. The van der Waals surface area contributed by atoms with Gasteiger partial charge in [-0.2, -0.15) is 5.10 Å². The number of hydrogen-bond donors (Lipinski definition) is 1. The molecule has 1 fully saturated rings. The highest BCUT2D eigenvalue weighted by molar-refractivity contribution is 6.30. The van der Waals surface area contributed by atoms with Crippen LogP contribution in [-0.4, -0.2) is 27.5 Å². The highest BCUT2D eigenvalue weighted by atomic mass is 35.5. The van der Waals surface area contributed by atoms with Crippen molar-refractivity contribution in [2.75, 3.05) is 6.54 Å². The molecule has 4 nitrogen and oxygen atoms in total. The zero-order chi connectivity index (χ0) is 19.0. The first-order valence-electron chi connectivity index (χ1n) is 9.21. The number of amides is 1. The van der Waals surface area contributed by atoms with E-state index in [1.807, 2.05) is 54.3 Å². The third-order valence-electron chi connectivity index (χ3n) is 5.13. The van der Waals surface area contributed by atoms with E-state index in [2.05, 4.69) is 16.8 Å². The summed E-state index contributed by atoms with van der Waals surface area (Å²) < 4.78 is 0. The number of aromatic nitrogens is 2. The van der Waals surface area contributed by atoms with Gasteiger partial charge in [0.25, 0.3) is 5.91 Å². The molecule has 138 valence electrons. The molecule has 1 aliphatic rings. The Kier molecular flexibility index (Phi) is 4.75. The summed E-state index contributed by atoms with van der Waals surface area (Å²) in [7, 11) is 0. The number of rotatable bonds is 4. The van der Waals surface area contributed by atoms with Crippen LogP contribution >= 0.6 is 11.6 Å². The number of nitrogens with zero attached hydrogens (tertiary/aromatic N) is 2. The van der Waals surface area contributed by atoms with Crippen LogP contribution in [0.5, 0.6) is 0 Å². The number of H-pyrrole nitrogens is 1. The van der Waals surface area contributed by atoms with Crippen LogP contribution in [0.1, 0.15) is 47.4 Å². The minimum absolute atomic E-state index is 0.0665. The topological polar surface area (TPSA) is 49.0 Å². The summed E-state index contributed by atoms with van der Waals surface area (Å²) in [4.78, 5) is 15.2. The van der Waals surface area contributed by atoms with Crippen molar-refractivity contribution in [2.24, 2.45) is 0 Å². The third kappa shape index (κ3) is 3.50. The fourth-order valence-electron chi connectivity index (χ4n) is 3.84. The Morgan fingerprint density at radius 3 is 2.81 bits per heavy atom. The maximum atomic E-state index is 13.2. The van der Waals surface area contributed by atoms with Crippen molar-refractivity contribution in [3.05, 3.63) is 76.5 Å². The largest absolute Gasteiger partial charge is 0.332 e. The van der Waals surface area contributed by atoms with Crippen LogP contribution in [0.2, 0.25) is 5.02 Å². The molecule has 5 heteroatoms. The number of hydrogen-bond acceptors (Lipinski definition) is 2. The Morgan fingerprint density at radius 2 is 2.07 bits per heavy atom. The van der Waals surface area contributed by atoms with E-state index in [4.69, 9.17) is 11.6 Å². The number of halogens is 1. The molecule has 0 aliphatic carbocycles. The van der Waals surface area contributed by atoms with E-state index in [0.717, 1.165) is 53.5 Å². The molecule has 0 spiro atoms. The van der Waals surface area contributed by atoms with E-state index in [1.165, 1.54) is 0 Å². The van der Waals surface area contributed by atoms with E-state index in [0.29, 0.717) is 10.6 Å². The maximum Gasteiger partial charge on any atom is 0.254 e. The fourth-order valence-corrected chi connectivity index (χ4v) is 3.97. The summed E-state index contributed by atoms with van der Waals surface area (Å²) in [6.45, 7) is 6.74. The normalized spacial score (nSPS) is 16.8. The van der Waals surface area contributed by atoms with Gasteiger partial charge < -0.3 is 4.90 Å². The van der Waals surface area contributed by atoms with Crippen LogP contribution in [0.4, 0.5) is 0 Å². The molecule has 1 amide bonds. The standard InChI is InChI=1S/C22H22ClN3O/c1-14(2)12-20-18-13-16(7-10-19(18)24-25-20)22(27)26-11-3-4-21(26)15-5-8-17(23)9-6-15/h5-10,13,21H,1,3-4,11-12H2,2H3,(H,24,25)/t21-/m0/s1. The number of nitrogens with one attached hydrogen (secondary N) is 1. The molecule has 1 saturated heterocycles. The van der Waals surface area contributed by atoms with Crippen molar-refractivity contribution >= 4 is 28.4 Å². The number of carbonyl (C=O) groups is 1. The first kappa shape index (κ1) is 17.8. The number of fused-ring (bicyclic) bond motifs is 1. The van der Waals surface area contributed by atoms with Gasteiger partial charge in [-0.15, -0.1) is 0 Å². The van der Waals surface area contributed by atoms with E-state index < -0.39 is 0 Å². The Morgan fingerprint density at radius 1 is 1.30 bits per heavy atom. The molecule has 0 saturated carbocycles. The van der Waals surface area contributed by atoms with Gasteiger partial charge in [0.05, 0.1) is 11.6 Å². The van der Waals surface area contributed by atoms with Gasteiger partial charge in [0.2, 0.25) is 0 Å². The summed E-state index contributed by atoms with van der Waals surface area (Å²) in [5, 5.41) is 9.11. The molecule has 1 aliphatic heterocycles. The predicted molar refractivity (Wildman–Crippen MR) is 109 cm³/mol. The van der Waals surface area contributed by atoms with Gasteiger partial charge >= 0.3 is 0 Å². The van der Waals surface area contributed by atoms with Gasteiger partial charge in [0.15, 0.2) is 0 Å². The number of carbonyl (C=O) groups excluding carboxylic acids is 1. The van der Waals surface area contributed by atoms with Gasteiger partial charge in [-0.1, -0.05) is 35.9 Å². The zero-order valence-corrected chi connectivity index (χ0v) is 16.1. The van der Waals surface area contributed by atoms with Crippen molar-refractivity contribution in [1.82, 2.24) is 15.1 Å². The number of aromatic amines is 1. The number of likely N-dealkylation sites (tertiary alicyclic amines) is 1. The van der Waals surface area contributed by atoms with Crippen molar-refractivity contribution in [3.63, 3.8) is 0 Å². The quantitative estimate of drug-likeness (QED) is 0.624. The summed E-state index contributed by atoms with van der Waals surface area (Å²) in [5.74, 6) is 0.0665. The SMILES string of the molecule is C=C(C)Cc1[nH]nc2ccc(C(=O)N3CCC[C@H]3c3ccc(Cl)cc3)cc12. The van der Waals surface area contributed by atoms with Gasteiger partial charge in [-0.05, 0) is 55.7 Å². The van der Waals surface area contributed by atoms with Gasteiger partial charge in [-0.3, -0.25) is 9.89 Å². The minimum atomic E-state index is 0.0665. The molecule has 2 aromatic carbocycles. The monoisotopic (exact) mass is 379 g/mol. The average Bonchev–Trinajstić information content (AvgIpc) is 3.28. The van der Waals surface area contributed by atoms with Crippen LogP contribution < -0.4 is 0 Å². The van der Waals surface area contributed by atoms with Crippen molar-refractivity contribution in [2.45, 2.75) is 32.2 Å². The van der Waals surface area contributed by atoms with Crippen molar-refractivity contribution in [1.29, 1.82) is 0 Å². The molecule has 1 atom stereocenters. The van der Waals surface area contributed by atoms with E-state index in [1.54, 1.807) is 0 Å². The Hall–Kier alpha value is -2.59. The molecular weight excluding hydrogens is 358 g/mol. The smallest absolute Gasteiger partial charge is 0.254 e. The van der Waals surface area contributed by atoms with Gasteiger partial charge in [-0.25, -0.2) is 0 Å². The van der Waals surface area contributed by atoms with Crippen LogP contribution in [0.25, 0.3) is 10.9 Å². The first-order chi connectivity index (χ1) is 13.0. The Labute approximate surface area is 163 Å².